The van der Waals surface area contributed by atoms with E-state index in [1.165, 1.54) is 24.8 Å². The second kappa shape index (κ2) is 14.4. The van der Waals surface area contributed by atoms with E-state index in [-0.39, 0.29) is 54.8 Å². The number of fused-ring (bicyclic) bond motifs is 2. The maximum Gasteiger partial charge on any atom is 0.0636 e. The highest BCUT2D eigenvalue weighted by molar-refractivity contribution is 6.24. The summed E-state index contributed by atoms with van der Waals surface area (Å²) in [5.74, 6) is 1.83. The summed E-state index contributed by atoms with van der Waals surface area (Å²) in [7, 11) is 0. The molecule has 0 nitrogen and oxygen atoms in total. The van der Waals surface area contributed by atoms with Gasteiger partial charge in [0, 0.05) is 0 Å². The molecular formula is C60H48. The van der Waals surface area contributed by atoms with E-state index in [1.54, 1.807) is 36.4 Å². The molecule has 0 amide bonds. The van der Waals surface area contributed by atoms with Gasteiger partial charge >= 0.3 is 0 Å². The lowest BCUT2D eigenvalue weighted by Gasteiger charge is -2.57. The normalized spacial score (nSPS) is 24.0. The molecular weight excluding hydrogens is 721 g/mol. The first kappa shape index (κ1) is 23.3. The molecule has 0 aromatic heterocycles. The van der Waals surface area contributed by atoms with Crippen LogP contribution in [0.15, 0.2) is 200 Å². The van der Waals surface area contributed by atoms with E-state index in [1.807, 2.05) is 60.7 Å². The largest absolute Gasteiger partial charge is 0.0636 e. The third-order valence-corrected chi connectivity index (χ3v) is 13.5. The molecule has 4 aliphatic carbocycles. The summed E-state index contributed by atoms with van der Waals surface area (Å²) in [4.78, 5) is 0. The highest BCUT2D eigenvalue weighted by Crippen LogP contribution is 2.62. The smallest absolute Gasteiger partial charge is 0.0622 e. The standard InChI is InChI=1S/C60H48/c1-6-16-43(17-7-1)48-27-29-52-55(33-48)57(47-24-14-5-15-25-47)51-28-26-49(44-18-8-2-9-19-44)34-56(51)58(52)59-53(45-20-10-3-11-21-45)35-50(36-54(59)46-22-12-4-13-23-46)60-37-40-30-41(38-60)32-42(31-40)39-60/h1-29,33-36,40-42H,30-32,37-39H2/i1D,2D,6D,7D,8D,9D,16D,17D,18D,19D,26D,27D,28D,29D,33D. The van der Waals surface area contributed by atoms with Crippen molar-refractivity contribution in [1.82, 2.24) is 0 Å². The molecule has 0 atom stereocenters. The third-order valence-electron chi connectivity index (χ3n) is 13.5. The highest BCUT2D eigenvalue weighted by Gasteiger charge is 2.52. The first-order valence-electron chi connectivity index (χ1n) is 28.4. The molecule has 9 aromatic rings. The molecule has 4 bridgehead atoms. The van der Waals surface area contributed by atoms with Gasteiger partial charge in [-0.3, -0.25) is 0 Å². The molecule has 9 aromatic carbocycles. The van der Waals surface area contributed by atoms with Gasteiger partial charge in [-0.2, -0.15) is 0 Å². The molecule has 0 unspecified atom stereocenters. The maximum atomic E-state index is 10.4. The Hall–Kier alpha value is -6.50. The Balaban J connectivity index is 1.36. The van der Waals surface area contributed by atoms with Crippen molar-refractivity contribution in [2.75, 3.05) is 0 Å². The summed E-state index contributed by atoms with van der Waals surface area (Å²) in [5, 5.41) is 0.501. The second-order valence-electron chi connectivity index (χ2n) is 17.1. The van der Waals surface area contributed by atoms with Crippen molar-refractivity contribution in [3.05, 3.63) is 205 Å². The van der Waals surface area contributed by atoms with Gasteiger partial charge in [0.05, 0.1) is 20.6 Å². The third kappa shape index (κ3) is 5.96. The van der Waals surface area contributed by atoms with E-state index in [4.69, 9.17) is 13.7 Å². The second-order valence-corrected chi connectivity index (χ2v) is 17.1. The van der Waals surface area contributed by atoms with E-state index in [9.17, 15) is 6.85 Å². The maximum absolute atomic E-state index is 10.4. The van der Waals surface area contributed by atoms with Crippen molar-refractivity contribution < 1.29 is 20.6 Å². The van der Waals surface area contributed by atoms with Crippen LogP contribution in [-0.4, -0.2) is 0 Å². The Labute approximate surface area is 375 Å². The van der Waals surface area contributed by atoms with Gasteiger partial charge in [-0.15, -0.1) is 0 Å². The fourth-order valence-electron chi connectivity index (χ4n) is 11.4. The van der Waals surface area contributed by atoms with Crippen LogP contribution in [0.2, 0.25) is 0 Å². The lowest BCUT2D eigenvalue weighted by Crippen LogP contribution is -2.48. The molecule has 13 rings (SSSR count). The molecule has 0 heterocycles. The zero-order valence-corrected chi connectivity index (χ0v) is 32.9. The van der Waals surface area contributed by atoms with Crippen LogP contribution in [0.3, 0.4) is 0 Å². The molecule has 60 heavy (non-hydrogen) atoms. The zero-order valence-electron chi connectivity index (χ0n) is 47.9. The van der Waals surface area contributed by atoms with Gasteiger partial charge in [0.15, 0.2) is 0 Å². The summed E-state index contributed by atoms with van der Waals surface area (Å²) in [6, 6.07) is 26.0. The van der Waals surface area contributed by atoms with Crippen molar-refractivity contribution >= 4 is 21.5 Å². The van der Waals surface area contributed by atoms with E-state index >= 15 is 0 Å². The van der Waals surface area contributed by atoms with E-state index in [0.717, 1.165) is 41.5 Å². The molecule has 0 heteroatoms. The zero-order chi connectivity index (χ0) is 52.7. The van der Waals surface area contributed by atoms with Crippen LogP contribution in [0.1, 0.15) is 64.6 Å². The van der Waals surface area contributed by atoms with Crippen molar-refractivity contribution in [3.63, 3.8) is 0 Å². The monoisotopic (exact) mass is 783 g/mol. The minimum absolute atomic E-state index is 0.0400. The summed E-state index contributed by atoms with van der Waals surface area (Å²) in [6.45, 7) is 0. The molecule has 288 valence electrons. The molecule has 0 saturated heterocycles. The van der Waals surface area contributed by atoms with Crippen molar-refractivity contribution in [1.29, 1.82) is 0 Å². The van der Waals surface area contributed by atoms with Gasteiger partial charge in [-0.1, -0.05) is 176 Å². The lowest BCUT2D eigenvalue weighted by atomic mass is 9.48. The van der Waals surface area contributed by atoms with E-state index in [0.29, 0.717) is 28.9 Å². The minimum Gasteiger partial charge on any atom is -0.0622 e. The van der Waals surface area contributed by atoms with Crippen LogP contribution in [0.4, 0.5) is 0 Å². The first-order valence-corrected chi connectivity index (χ1v) is 20.9. The fourth-order valence-corrected chi connectivity index (χ4v) is 11.4. The van der Waals surface area contributed by atoms with Crippen molar-refractivity contribution in [2.45, 2.75) is 43.9 Å². The minimum atomic E-state index is -0.675. The van der Waals surface area contributed by atoms with Gasteiger partial charge in [0.25, 0.3) is 0 Å². The molecule has 0 radical (unpaired) electrons. The summed E-state index contributed by atoms with van der Waals surface area (Å²) in [6.07, 6.45) is 6.84. The Morgan fingerprint density at radius 1 is 0.367 bits per heavy atom. The highest BCUT2D eigenvalue weighted by atomic mass is 14.6. The van der Waals surface area contributed by atoms with Crippen LogP contribution in [0.5, 0.6) is 0 Å². The predicted octanol–water partition coefficient (Wildman–Crippen LogP) is 16.5. The van der Waals surface area contributed by atoms with Gasteiger partial charge in [0.2, 0.25) is 0 Å². The summed E-state index contributed by atoms with van der Waals surface area (Å²) in [5.41, 5.74) is 4.52. The van der Waals surface area contributed by atoms with Gasteiger partial charge < -0.3 is 0 Å². The Morgan fingerprint density at radius 3 is 1.37 bits per heavy atom. The van der Waals surface area contributed by atoms with Gasteiger partial charge in [-0.05, 0) is 180 Å². The molecule has 4 aliphatic rings. The number of hydrogen-bond donors (Lipinski definition) is 0. The van der Waals surface area contributed by atoms with E-state index < -0.39 is 96.2 Å². The van der Waals surface area contributed by atoms with Crippen LogP contribution in [-0.2, 0) is 5.41 Å². The van der Waals surface area contributed by atoms with Crippen LogP contribution in [0.25, 0.3) is 88.3 Å². The van der Waals surface area contributed by atoms with Crippen molar-refractivity contribution in [2.24, 2.45) is 17.8 Å². The van der Waals surface area contributed by atoms with Crippen LogP contribution in [0, 0.1) is 17.8 Å². The Morgan fingerprint density at radius 2 is 0.833 bits per heavy atom. The molecule has 4 fully saturated rings. The number of hydrogen-bond acceptors (Lipinski definition) is 0. The van der Waals surface area contributed by atoms with E-state index in [2.05, 4.69) is 12.1 Å². The SMILES string of the molecule is [2H]c1c([2H])c([2H])c(-c2cc3c(-c4c(-c5ccccc5)cc(C56CC7CC(CC(C7)C5)C6)cc4-c4ccccc4)c4c([2H])c([2H])c(-c5c([2H])c([2H])c([2H])c([2H])c5[2H])c([2H])c4c(-c4ccccc4)c3c([2H])c2[2H])c([2H])c1[2H]. The Bertz CT molecular complexity index is 3760. The first-order chi connectivity index (χ1) is 35.9. The average Bonchev–Trinajstić information content (AvgIpc) is 3.42. The predicted molar refractivity (Wildman–Crippen MR) is 254 cm³/mol. The fraction of sp³-hybridized carbons (Fsp3) is 0.167. The summed E-state index contributed by atoms with van der Waals surface area (Å²) < 4.78 is 139. The van der Waals surface area contributed by atoms with Crippen molar-refractivity contribution in [3.8, 4) is 66.8 Å². The summed E-state index contributed by atoms with van der Waals surface area (Å²) >= 11 is 0. The topological polar surface area (TPSA) is 0 Å². The number of rotatable bonds is 7. The Kier molecular flexibility index (Phi) is 5.58. The molecule has 0 aliphatic heterocycles. The quantitative estimate of drug-likeness (QED) is 0.141. The van der Waals surface area contributed by atoms with Crippen LogP contribution >= 0.6 is 0 Å². The van der Waals surface area contributed by atoms with Gasteiger partial charge in [0.1, 0.15) is 0 Å². The number of benzene rings is 9. The van der Waals surface area contributed by atoms with Crippen LogP contribution < -0.4 is 0 Å². The molecule has 0 N–H and O–H groups in total. The lowest BCUT2D eigenvalue weighted by molar-refractivity contribution is -0.00514. The molecule has 4 saturated carbocycles. The molecule has 0 spiro atoms. The average molecular weight is 784 g/mol. The van der Waals surface area contributed by atoms with Gasteiger partial charge in [-0.25, -0.2) is 0 Å².